The Balaban J connectivity index is 1.77. The predicted molar refractivity (Wildman–Crippen MR) is 67.6 cm³/mol. The van der Waals surface area contributed by atoms with Crippen LogP contribution in [0.1, 0.15) is 30.5 Å². The third kappa shape index (κ3) is 3.07. The van der Waals surface area contributed by atoms with E-state index in [-0.39, 0.29) is 0 Å². The maximum Gasteiger partial charge on any atom is 0.0638 e. The van der Waals surface area contributed by atoms with E-state index in [9.17, 15) is 5.11 Å². The van der Waals surface area contributed by atoms with Crippen molar-refractivity contribution in [3.05, 3.63) is 17.5 Å². The van der Waals surface area contributed by atoms with E-state index in [0.717, 1.165) is 18.8 Å². The molecule has 1 heterocycles. The fourth-order valence-corrected chi connectivity index (χ4v) is 2.84. The zero-order chi connectivity index (χ0) is 12.3. The van der Waals surface area contributed by atoms with E-state index in [1.165, 1.54) is 24.8 Å². The lowest BCUT2D eigenvalue weighted by Crippen LogP contribution is -2.26. The lowest BCUT2D eigenvalue weighted by molar-refractivity contribution is 0.192. The molecule has 0 spiro atoms. The van der Waals surface area contributed by atoms with E-state index in [0.29, 0.717) is 18.4 Å². The normalized spacial score (nSPS) is 24.4. The van der Waals surface area contributed by atoms with Crippen molar-refractivity contribution in [2.45, 2.75) is 32.7 Å². The first-order valence-corrected chi connectivity index (χ1v) is 6.51. The second kappa shape index (κ2) is 5.65. The van der Waals surface area contributed by atoms with Crippen LogP contribution >= 0.6 is 0 Å². The zero-order valence-electron chi connectivity index (χ0n) is 10.8. The van der Waals surface area contributed by atoms with Crippen molar-refractivity contribution < 1.29 is 5.11 Å². The van der Waals surface area contributed by atoms with E-state index in [4.69, 9.17) is 0 Å². The summed E-state index contributed by atoms with van der Waals surface area (Å²) in [7, 11) is 1.95. The van der Waals surface area contributed by atoms with Crippen LogP contribution in [0.2, 0.25) is 0 Å². The Labute approximate surface area is 103 Å². The molecule has 1 fully saturated rings. The molecule has 2 atom stereocenters. The Hall–Kier alpha value is -0.870. The average Bonchev–Trinajstić information content (AvgIpc) is 2.86. The summed E-state index contributed by atoms with van der Waals surface area (Å²) in [5.74, 6) is 1.16. The van der Waals surface area contributed by atoms with Gasteiger partial charge in [-0.05, 0) is 38.1 Å². The van der Waals surface area contributed by atoms with Gasteiger partial charge < -0.3 is 10.4 Å². The Kier molecular flexibility index (Phi) is 4.18. The molecule has 2 N–H and O–H groups in total. The van der Waals surface area contributed by atoms with Crippen molar-refractivity contribution in [2.75, 3.05) is 13.2 Å². The molecule has 2 rings (SSSR count). The quantitative estimate of drug-likeness (QED) is 0.810. The van der Waals surface area contributed by atoms with Crippen molar-refractivity contribution in [1.82, 2.24) is 15.1 Å². The van der Waals surface area contributed by atoms with Gasteiger partial charge in [-0.1, -0.05) is 6.42 Å². The van der Waals surface area contributed by atoms with E-state index in [1.54, 1.807) is 0 Å². The van der Waals surface area contributed by atoms with Gasteiger partial charge in [0.05, 0.1) is 5.69 Å². The number of nitrogens with one attached hydrogen (secondary N) is 1. The molecular weight excluding hydrogens is 214 g/mol. The van der Waals surface area contributed by atoms with Gasteiger partial charge >= 0.3 is 0 Å². The van der Waals surface area contributed by atoms with E-state index in [2.05, 4.69) is 16.6 Å². The maximum absolute atomic E-state index is 9.26. The number of aliphatic hydroxyl groups excluding tert-OH is 1. The molecule has 1 aromatic rings. The molecule has 1 aliphatic rings. The summed E-state index contributed by atoms with van der Waals surface area (Å²) in [6, 6.07) is 0. The summed E-state index contributed by atoms with van der Waals surface area (Å²) in [6.45, 7) is 4.29. The molecule has 0 radical (unpaired) electrons. The van der Waals surface area contributed by atoms with Crippen LogP contribution in [0.4, 0.5) is 0 Å². The predicted octanol–water partition coefficient (Wildman–Crippen LogP) is 1.23. The minimum Gasteiger partial charge on any atom is -0.396 e. The van der Waals surface area contributed by atoms with Gasteiger partial charge in [0.15, 0.2) is 0 Å². The molecule has 17 heavy (non-hydrogen) atoms. The number of aromatic nitrogens is 2. The van der Waals surface area contributed by atoms with Gasteiger partial charge in [-0.25, -0.2) is 0 Å². The molecule has 0 aliphatic heterocycles. The zero-order valence-corrected chi connectivity index (χ0v) is 10.8. The van der Waals surface area contributed by atoms with Crippen LogP contribution in [0.3, 0.4) is 0 Å². The molecule has 0 amide bonds. The molecular formula is C13H23N3O. The SMILES string of the molecule is Cc1nn(C)cc1CNCC1CCCC1CO. The minimum absolute atomic E-state index is 0.346. The maximum atomic E-state index is 9.26. The topological polar surface area (TPSA) is 50.1 Å². The number of aryl methyl sites for hydroxylation is 2. The van der Waals surface area contributed by atoms with Crippen molar-refractivity contribution in [2.24, 2.45) is 18.9 Å². The van der Waals surface area contributed by atoms with E-state index in [1.807, 2.05) is 18.7 Å². The van der Waals surface area contributed by atoms with Crippen LogP contribution in [-0.2, 0) is 13.6 Å². The molecule has 2 unspecified atom stereocenters. The molecule has 0 aromatic carbocycles. The first-order chi connectivity index (χ1) is 8.20. The molecule has 1 saturated carbocycles. The summed E-state index contributed by atoms with van der Waals surface area (Å²) in [4.78, 5) is 0. The first-order valence-electron chi connectivity index (χ1n) is 6.51. The lowest BCUT2D eigenvalue weighted by Gasteiger charge is -2.17. The monoisotopic (exact) mass is 237 g/mol. The second-order valence-corrected chi connectivity index (χ2v) is 5.18. The summed E-state index contributed by atoms with van der Waals surface area (Å²) < 4.78 is 1.86. The highest BCUT2D eigenvalue weighted by Crippen LogP contribution is 2.30. The largest absolute Gasteiger partial charge is 0.396 e. The summed E-state index contributed by atoms with van der Waals surface area (Å²) in [5.41, 5.74) is 2.37. The smallest absolute Gasteiger partial charge is 0.0638 e. The van der Waals surface area contributed by atoms with Crippen LogP contribution < -0.4 is 5.32 Å². The standard InChI is InChI=1S/C13H23N3O/c1-10-13(8-16(2)15-10)7-14-6-11-4-3-5-12(11)9-17/h8,11-12,14,17H,3-7,9H2,1-2H3. The Morgan fingerprint density at radius 3 is 2.88 bits per heavy atom. The van der Waals surface area contributed by atoms with Gasteiger partial charge in [-0.3, -0.25) is 4.68 Å². The van der Waals surface area contributed by atoms with E-state index < -0.39 is 0 Å². The highest BCUT2D eigenvalue weighted by Gasteiger charge is 2.25. The van der Waals surface area contributed by atoms with Crippen LogP contribution in [0.15, 0.2) is 6.20 Å². The highest BCUT2D eigenvalue weighted by atomic mass is 16.3. The fraction of sp³-hybridized carbons (Fsp3) is 0.769. The van der Waals surface area contributed by atoms with E-state index >= 15 is 0 Å². The summed E-state index contributed by atoms with van der Waals surface area (Å²) >= 11 is 0. The van der Waals surface area contributed by atoms with Crippen molar-refractivity contribution in [3.8, 4) is 0 Å². The molecule has 4 nitrogen and oxygen atoms in total. The number of rotatable bonds is 5. The van der Waals surface area contributed by atoms with Gasteiger partial charge in [-0.15, -0.1) is 0 Å². The van der Waals surface area contributed by atoms with Crippen LogP contribution in [0.5, 0.6) is 0 Å². The number of aliphatic hydroxyl groups is 1. The Morgan fingerprint density at radius 1 is 1.47 bits per heavy atom. The van der Waals surface area contributed by atoms with Crippen LogP contribution in [-0.4, -0.2) is 28.0 Å². The molecule has 0 saturated heterocycles. The lowest BCUT2D eigenvalue weighted by atomic mass is 9.97. The number of hydrogen-bond donors (Lipinski definition) is 2. The average molecular weight is 237 g/mol. The van der Waals surface area contributed by atoms with Gasteiger partial charge in [0.1, 0.15) is 0 Å². The van der Waals surface area contributed by atoms with Crippen molar-refractivity contribution >= 4 is 0 Å². The van der Waals surface area contributed by atoms with Gasteiger partial charge in [0.25, 0.3) is 0 Å². The molecule has 1 aliphatic carbocycles. The molecule has 0 bridgehead atoms. The summed E-state index contributed by atoms with van der Waals surface area (Å²) in [6.07, 6.45) is 5.78. The molecule has 1 aromatic heterocycles. The van der Waals surface area contributed by atoms with Crippen molar-refractivity contribution in [1.29, 1.82) is 0 Å². The van der Waals surface area contributed by atoms with Crippen molar-refractivity contribution in [3.63, 3.8) is 0 Å². The van der Waals surface area contributed by atoms with Gasteiger partial charge in [-0.2, -0.15) is 5.10 Å². The third-order valence-electron chi connectivity index (χ3n) is 3.89. The number of hydrogen-bond acceptors (Lipinski definition) is 3. The Bertz CT molecular complexity index is 362. The number of nitrogens with zero attached hydrogens (tertiary/aromatic N) is 2. The summed E-state index contributed by atoms with van der Waals surface area (Å²) in [5, 5.41) is 17.1. The third-order valence-corrected chi connectivity index (χ3v) is 3.89. The highest BCUT2D eigenvalue weighted by molar-refractivity contribution is 5.14. The molecule has 4 heteroatoms. The fourth-order valence-electron chi connectivity index (χ4n) is 2.84. The van der Waals surface area contributed by atoms with Gasteiger partial charge in [0.2, 0.25) is 0 Å². The van der Waals surface area contributed by atoms with Crippen LogP contribution in [0.25, 0.3) is 0 Å². The second-order valence-electron chi connectivity index (χ2n) is 5.18. The van der Waals surface area contributed by atoms with Gasteiger partial charge in [0, 0.05) is 32.0 Å². The minimum atomic E-state index is 0.346. The first kappa shape index (κ1) is 12.6. The van der Waals surface area contributed by atoms with Crippen LogP contribution in [0, 0.1) is 18.8 Å². The Morgan fingerprint density at radius 2 is 2.24 bits per heavy atom. The molecule has 96 valence electrons.